The summed E-state index contributed by atoms with van der Waals surface area (Å²) in [6.07, 6.45) is 0.0330. The van der Waals surface area contributed by atoms with Crippen molar-refractivity contribution < 1.29 is 35.5 Å². The minimum Gasteiger partial charge on any atom is -0.481 e. The van der Waals surface area contributed by atoms with Crippen molar-refractivity contribution in [1.29, 1.82) is 0 Å². The summed E-state index contributed by atoms with van der Waals surface area (Å²) in [5, 5.41) is 8.32. The van der Waals surface area contributed by atoms with E-state index in [-0.39, 0.29) is 25.7 Å². The number of carboxylic acid groups (broad SMARTS) is 1. The summed E-state index contributed by atoms with van der Waals surface area (Å²) >= 11 is 0. The molecule has 0 bridgehead atoms. The van der Waals surface area contributed by atoms with Gasteiger partial charge in [0.1, 0.15) is 6.29 Å². The molecule has 108 valence electrons. The van der Waals surface area contributed by atoms with Gasteiger partial charge in [-0.25, -0.2) is 4.21 Å². The maximum absolute atomic E-state index is 11.3. The first-order valence-electron chi connectivity index (χ1n) is 5.10. The predicted octanol–water partition coefficient (Wildman–Crippen LogP) is -0.419. The van der Waals surface area contributed by atoms with Gasteiger partial charge in [0.2, 0.25) is 0 Å². The summed E-state index contributed by atoms with van der Waals surface area (Å²) in [6.45, 7) is 0. The predicted molar refractivity (Wildman–Crippen MR) is 64.1 cm³/mol. The van der Waals surface area contributed by atoms with Gasteiger partial charge in [0.25, 0.3) is 10.1 Å². The van der Waals surface area contributed by atoms with Gasteiger partial charge in [0, 0.05) is 18.6 Å². The number of aliphatic carboxylic acids is 1. The number of hydrogen-bond donors (Lipinski definition) is 3. The Balaban J connectivity index is 4.24. The molecule has 0 aromatic rings. The van der Waals surface area contributed by atoms with Crippen LogP contribution >= 0.6 is 0 Å². The van der Waals surface area contributed by atoms with Gasteiger partial charge in [-0.05, 0) is 12.8 Å². The number of aldehydes is 1. The molecule has 10 heteroatoms. The van der Waals surface area contributed by atoms with Crippen LogP contribution in [0, 0.1) is 0 Å². The largest absolute Gasteiger partial charge is 0.481 e. The van der Waals surface area contributed by atoms with Crippen LogP contribution in [-0.2, 0) is 33.8 Å². The zero-order valence-electron chi connectivity index (χ0n) is 9.52. The molecule has 8 nitrogen and oxygen atoms in total. The molecule has 0 amide bonds. The van der Waals surface area contributed by atoms with Crippen molar-refractivity contribution in [3.63, 3.8) is 0 Å². The molecule has 0 aliphatic carbocycles. The number of hydrogen-bond acceptors (Lipinski definition) is 6. The number of carbonyl (C=O) groups excluding carboxylic acids is 1. The molecule has 0 aliphatic heterocycles. The Morgan fingerprint density at radius 2 is 1.94 bits per heavy atom. The second-order valence-corrected chi connectivity index (χ2v) is 7.35. The van der Waals surface area contributed by atoms with Crippen LogP contribution in [0.3, 0.4) is 0 Å². The van der Waals surface area contributed by atoms with Crippen molar-refractivity contribution >= 4 is 32.9 Å². The third-order valence-electron chi connectivity index (χ3n) is 1.78. The van der Waals surface area contributed by atoms with Gasteiger partial charge in [0.15, 0.2) is 0 Å². The quantitative estimate of drug-likeness (QED) is 0.281. The summed E-state index contributed by atoms with van der Waals surface area (Å²) in [4.78, 5) is 20.2. The van der Waals surface area contributed by atoms with Crippen molar-refractivity contribution in [2.75, 3.05) is 11.5 Å². The van der Waals surface area contributed by atoms with Crippen LogP contribution in [0.2, 0.25) is 0 Å². The first-order valence-corrected chi connectivity index (χ1v) is 8.44. The van der Waals surface area contributed by atoms with E-state index < -0.39 is 38.1 Å². The van der Waals surface area contributed by atoms with E-state index in [1.165, 1.54) is 0 Å². The Morgan fingerprint density at radius 1 is 1.33 bits per heavy atom. The van der Waals surface area contributed by atoms with Gasteiger partial charge in [-0.15, -0.1) is 0 Å². The highest BCUT2D eigenvalue weighted by atomic mass is 32.3. The normalized spacial score (nSPS) is 13.2. The second kappa shape index (κ2) is 7.56. The van der Waals surface area contributed by atoms with Crippen LogP contribution in [0.15, 0.2) is 0 Å². The molecule has 0 fully saturated rings. The highest BCUT2D eigenvalue weighted by molar-refractivity contribution is 8.03. The zero-order chi connectivity index (χ0) is 14.2. The van der Waals surface area contributed by atoms with E-state index in [1.54, 1.807) is 0 Å². The Bertz CT molecular complexity index is 426. The smallest absolute Gasteiger partial charge is 0.303 e. The van der Waals surface area contributed by atoms with Gasteiger partial charge in [-0.1, -0.05) is 0 Å². The maximum Gasteiger partial charge on any atom is 0.303 e. The van der Waals surface area contributed by atoms with Crippen molar-refractivity contribution in [3.8, 4) is 0 Å². The average Bonchev–Trinajstić information content (AvgIpc) is 2.14. The fraction of sp³-hybridized carbons (Fsp3) is 0.750. The lowest BCUT2D eigenvalue weighted by molar-refractivity contribution is -0.137. The Labute approximate surface area is 106 Å². The Hall–Kier alpha value is -0.840. The molecule has 0 rings (SSSR count). The first-order chi connectivity index (χ1) is 8.18. The topological polar surface area (TPSA) is 135 Å². The number of unbranched alkanes of at least 4 members (excludes halogenated alkanes) is 1. The minimum atomic E-state index is -4.36. The third-order valence-corrected chi connectivity index (χ3v) is 5.29. The molecule has 0 aromatic carbocycles. The van der Waals surface area contributed by atoms with E-state index in [1.807, 2.05) is 0 Å². The highest BCUT2D eigenvalue weighted by Crippen LogP contribution is 2.11. The number of carbonyl (C=O) groups is 2. The Morgan fingerprint density at radius 3 is 2.44 bits per heavy atom. The molecule has 0 radical (unpaired) electrons. The highest BCUT2D eigenvalue weighted by Gasteiger charge is 2.21. The third kappa shape index (κ3) is 9.22. The summed E-state index contributed by atoms with van der Waals surface area (Å²) in [6, 6.07) is 0. The van der Waals surface area contributed by atoms with Crippen molar-refractivity contribution in [3.05, 3.63) is 0 Å². The molecule has 2 N–H and O–H groups in total. The van der Waals surface area contributed by atoms with Crippen molar-refractivity contribution in [2.24, 2.45) is 0 Å². The van der Waals surface area contributed by atoms with Crippen LogP contribution in [0.25, 0.3) is 0 Å². The number of rotatable bonds is 10. The van der Waals surface area contributed by atoms with E-state index in [2.05, 4.69) is 3.63 Å². The van der Waals surface area contributed by atoms with Crippen LogP contribution in [-0.4, -0.2) is 46.0 Å². The molecule has 0 atom stereocenters. The zero-order valence-corrected chi connectivity index (χ0v) is 11.2. The van der Waals surface area contributed by atoms with Crippen LogP contribution in [0.4, 0.5) is 0 Å². The lowest BCUT2D eigenvalue weighted by atomic mass is 10.3. The summed E-state index contributed by atoms with van der Waals surface area (Å²) in [7, 11) is -8.54. The summed E-state index contributed by atoms with van der Waals surface area (Å²) < 4.78 is 47.1. The molecule has 0 heterocycles. The SMILES string of the molecule is O=CCCCS(=O)(=O)O[SH](=O)(O)CCCC(=O)O. The van der Waals surface area contributed by atoms with Gasteiger partial charge in [-0.3, -0.25) is 4.79 Å². The Kier molecular flexibility index (Phi) is 7.21. The van der Waals surface area contributed by atoms with E-state index in [0.29, 0.717) is 6.29 Å². The molecule has 0 saturated carbocycles. The van der Waals surface area contributed by atoms with Crippen molar-refractivity contribution in [2.45, 2.75) is 25.7 Å². The van der Waals surface area contributed by atoms with E-state index in [9.17, 15) is 26.8 Å². The molecular weight excluding hydrogens is 288 g/mol. The number of thiol groups is 1. The van der Waals surface area contributed by atoms with Gasteiger partial charge in [0.05, 0.1) is 16.2 Å². The summed E-state index contributed by atoms with van der Waals surface area (Å²) in [5.74, 6) is -2.23. The molecule has 0 aromatic heterocycles. The molecular formula is C8H16O8S2. The monoisotopic (exact) mass is 304 g/mol. The summed E-state index contributed by atoms with van der Waals surface area (Å²) in [5.41, 5.74) is 0. The van der Waals surface area contributed by atoms with Crippen LogP contribution in [0.5, 0.6) is 0 Å². The standard InChI is InChI=1S/C8H16O8S2/c9-5-1-2-6-17(12,13)16-18(14,15)7-3-4-8(10)11/h5,18H,1-4,6-7H2,(H,10,11)(H,14,15). The molecule has 18 heavy (non-hydrogen) atoms. The number of carboxylic acids is 1. The minimum absolute atomic E-state index is 0.000952. The molecule has 0 aliphatic rings. The van der Waals surface area contributed by atoms with E-state index >= 15 is 0 Å². The maximum atomic E-state index is 11.3. The fourth-order valence-corrected chi connectivity index (χ4v) is 4.12. The lowest BCUT2D eigenvalue weighted by Gasteiger charge is -2.16. The lowest BCUT2D eigenvalue weighted by Crippen LogP contribution is -2.25. The van der Waals surface area contributed by atoms with Crippen LogP contribution < -0.4 is 0 Å². The molecule has 0 unspecified atom stereocenters. The molecule has 0 saturated heterocycles. The fourth-order valence-electron chi connectivity index (χ4n) is 1.03. The van der Waals surface area contributed by atoms with Crippen molar-refractivity contribution in [1.82, 2.24) is 0 Å². The van der Waals surface area contributed by atoms with Gasteiger partial charge < -0.3 is 14.5 Å². The van der Waals surface area contributed by atoms with E-state index in [0.717, 1.165) is 0 Å². The first kappa shape index (κ1) is 17.2. The van der Waals surface area contributed by atoms with Gasteiger partial charge >= 0.3 is 5.97 Å². The van der Waals surface area contributed by atoms with Crippen LogP contribution in [0.1, 0.15) is 25.7 Å². The second-order valence-electron chi connectivity index (χ2n) is 3.50. The average molecular weight is 304 g/mol. The molecule has 0 spiro atoms. The van der Waals surface area contributed by atoms with E-state index in [4.69, 9.17) is 5.11 Å². The van der Waals surface area contributed by atoms with Gasteiger partial charge in [-0.2, -0.15) is 12.0 Å².